The van der Waals surface area contributed by atoms with E-state index in [1.54, 1.807) is 0 Å². The van der Waals surface area contributed by atoms with Gasteiger partial charge >= 0.3 is 0 Å². The van der Waals surface area contributed by atoms with E-state index in [1.807, 2.05) is 0 Å². The monoisotopic (exact) mass is 231 g/mol. The molecular formula is C16H25N. The molecule has 17 heavy (non-hydrogen) atoms. The number of hydrogen-bond donors (Lipinski definition) is 1. The van der Waals surface area contributed by atoms with Gasteiger partial charge in [0.2, 0.25) is 0 Å². The Kier molecular flexibility index (Phi) is 3.88. The van der Waals surface area contributed by atoms with Crippen LogP contribution in [0.15, 0.2) is 30.3 Å². The van der Waals surface area contributed by atoms with Gasteiger partial charge in [-0.25, -0.2) is 0 Å². The largest absolute Gasteiger partial charge is 0.316 e. The first kappa shape index (κ1) is 12.6. The third-order valence-corrected chi connectivity index (χ3v) is 4.39. The predicted octanol–water partition coefficient (Wildman–Crippen LogP) is 3.50. The predicted molar refractivity (Wildman–Crippen MR) is 74.1 cm³/mol. The maximum absolute atomic E-state index is 3.56. The van der Waals surface area contributed by atoms with Crippen molar-refractivity contribution in [3.05, 3.63) is 35.9 Å². The molecule has 0 radical (unpaired) electrons. The standard InChI is InChI=1S/C16H25N/c1-13(2)15-12-17-10-9-16(15,3)11-14-7-5-4-6-8-14/h4-8,13,15,17H,9-12H2,1-3H3. The van der Waals surface area contributed by atoms with Crippen LogP contribution in [0.4, 0.5) is 0 Å². The van der Waals surface area contributed by atoms with E-state index < -0.39 is 0 Å². The van der Waals surface area contributed by atoms with Crippen LogP contribution in [0.25, 0.3) is 0 Å². The van der Waals surface area contributed by atoms with Crippen LogP contribution in [0, 0.1) is 17.3 Å². The first-order valence-electron chi connectivity index (χ1n) is 6.86. The molecule has 1 N–H and O–H groups in total. The van der Waals surface area contributed by atoms with Crippen LogP contribution in [0.3, 0.4) is 0 Å². The van der Waals surface area contributed by atoms with Crippen LogP contribution in [-0.4, -0.2) is 13.1 Å². The average molecular weight is 231 g/mol. The van der Waals surface area contributed by atoms with Crippen LogP contribution in [0.1, 0.15) is 32.8 Å². The molecule has 0 amide bonds. The van der Waals surface area contributed by atoms with Crippen LogP contribution in [-0.2, 0) is 6.42 Å². The van der Waals surface area contributed by atoms with Gasteiger partial charge in [-0.2, -0.15) is 0 Å². The Morgan fingerprint density at radius 1 is 1.29 bits per heavy atom. The van der Waals surface area contributed by atoms with E-state index in [4.69, 9.17) is 0 Å². The second kappa shape index (κ2) is 5.22. The summed E-state index contributed by atoms with van der Waals surface area (Å²) in [4.78, 5) is 0. The lowest BCUT2D eigenvalue weighted by Crippen LogP contribution is -2.46. The summed E-state index contributed by atoms with van der Waals surface area (Å²) in [5.74, 6) is 1.55. The highest BCUT2D eigenvalue weighted by Gasteiger charge is 2.37. The van der Waals surface area contributed by atoms with Gasteiger partial charge in [-0.1, -0.05) is 51.1 Å². The fourth-order valence-electron chi connectivity index (χ4n) is 3.39. The molecule has 1 aliphatic heterocycles. The summed E-state index contributed by atoms with van der Waals surface area (Å²) in [6, 6.07) is 11.0. The molecule has 0 aromatic heterocycles. The first-order valence-corrected chi connectivity index (χ1v) is 6.86. The van der Waals surface area contributed by atoms with Gasteiger partial charge in [0.15, 0.2) is 0 Å². The highest BCUT2D eigenvalue weighted by Crippen LogP contribution is 2.40. The minimum Gasteiger partial charge on any atom is -0.316 e. The fraction of sp³-hybridized carbons (Fsp3) is 0.625. The highest BCUT2D eigenvalue weighted by atomic mass is 14.9. The maximum Gasteiger partial charge on any atom is -0.00127 e. The Morgan fingerprint density at radius 3 is 2.65 bits per heavy atom. The Balaban J connectivity index is 2.15. The third-order valence-electron chi connectivity index (χ3n) is 4.39. The number of rotatable bonds is 3. The van der Waals surface area contributed by atoms with Crippen LogP contribution >= 0.6 is 0 Å². The van der Waals surface area contributed by atoms with E-state index >= 15 is 0 Å². The topological polar surface area (TPSA) is 12.0 Å². The molecule has 1 aliphatic rings. The maximum atomic E-state index is 3.56. The summed E-state index contributed by atoms with van der Waals surface area (Å²) in [5.41, 5.74) is 1.95. The average Bonchev–Trinajstić information content (AvgIpc) is 2.30. The number of nitrogens with one attached hydrogen (secondary N) is 1. The minimum atomic E-state index is 0.459. The van der Waals surface area contributed by atoms with Gasteiger partial charge in [0, 0.05) is 0 Å². The zero-order valence-corrected chi connectivity index (χ0v) is 11.4. The molecule has 1 aromatic carbocycles. The Labute approximate surface area is 106 Å². The van der Waals surface area contributed by atoms with Gasteiger partial charge in [0.05, 0.1) is 0 Å². The molecule has 0 spiro atoms. The second-order valence-electron chi connectivity index (χ2n) is 6.12. The normalized spacial score (nSPS) is 29.5. The van der Waals surface area contributed by atoms with Crippen molar-refractivity contribution in [2.45, 2.75) is 33.6 Å². The van der Waals surface area contributed by atoms with Crippen molar-refractivity contribution in [3.63, 3.8) is 0 Å². The van der Waals surface area contributed by atoms with Gasteiger partial charge in [0.1, 0.15) is 0 Å². The van der Waals surface area contributed by atoms with Crippen LogP contribution in [0.2, 0.25) is 0 Å². The van der Waals surface area contributed by atoms with Crippen molar-refractivity contribution in [1.82, 2.24) is 5.32 Å². The number of benzene rings is 1. The third kappa shape index (κ3) is 2.90. The fourth-order valence-corrected chi connectivity index (χ4v) is 3.39. The van der Waals surface area contributed by atoms with Gasteiger partial charge in [0.25, 0.3) is 0 Å². The van der Waals surface area contributed by atoms with Crippen LogP contribution in [0.5, 0.6) is 0 Å². The van der Waals surface area contributed by atoms with Crippen LogP contribution < -0.4 is 5.32 Å². The van der Waals surface area contributed by atoms with Gasteiger partial charge in [-0.05, 0) is 48.7 Å². The summed E-state index contributed by atoms with van der Waals surface area (Å²) in [6.45, 7) is 9.56. The van der Waals surface area contributed by atoms with Gasteiger partial charge in [-0.3, -0.25) is 0 Å². The molecule has 94 valence electrons. The Bertz CT molecular complexity index is 344. The molecule has 1 heterocycles. The van der Waals surface area contributed by atoms with Crippen molar-refractivity contribution < 1.29 is 0 Å². The van der Waals surface area contributed by atoms with E-state index in [0.29, 0.717) is 5.41 Å². The summed E-state index contributed by atoms with van der Waals surface area (Å²) in [7, 11) is 0. The van der Waals surface area contributed by atoms with E-state index in [0.717, 1.165) is 11.8 Å². The van der Waals surface area contributed by atoms with E-state index in [9.17, 15) is 0 Å². The molecule has 2 rings (SSSR count). The Morgan fingerprint density at radius 2 is 2.00 bits per heavy atom. The minimum absolute atomic E-state index is 0.459. The smallest absolute Gasteiger partial charge is 0.00127 e. The van der Waals surface area contributed by atoms with Gasteiger partial charge in [-0.15, -0.1) is 0 Å². The van der Waals surface area contributed by atoms with E-state index in [1.165, 1.54) is 31.5 Å². The van der Waals surface area contributed by atoms with E-state index in [-0.39, 0.29) is 0 Å². The lowest BCUT2D eigenvalue weighted by molar-refractivity contribution is 0.0902. The summed E-state index contributed by atoms with van der Waals surface area (Å²) in [5, 5.41) is 3.56. The second-order valence-corrected chi connectivity index (χ2v) is 6.12. The molecule has 1 aromatic rings. The van der Waals surface area contributed by atoms with Crippen molar-refractivity contribution in [1.29, 1.82) is 0 Å². The lowest BCUT2D eigenvalue weighted by atomic mass is 9.65. The van der Waals surface area contributed by atoms with Crippen molar-refractivity contribution >= 4 is 0 Å². The lowest BCUT2D eigenvalue weighted by Gasteiger charge is -2.44. The molecule has 1 nitrogen and oxygen atoms in total. The summed E-state index contributed by atoms with van der Waals surface area (Å²) < 4.78 is 0. The highest BCUT2D eigenvalue weighted by molar-refractivity contribution is 5.17. The SMILES string of the molecule is CC(C)C1CNCCC1(C)Cc1ccccc1. The molecule has 0 aliphatic carbocycles. The number of piperidine rings is 1. The Hall–Kier alpha value is -0.820. The molecule has 1 heteroatoms. The van der Waals surface area contributed by atoms with Gasteiger partial charge < -0.3 is 5.32 Å². The first-order chi connectivity index (χ1) is 8.12. The molecule has 1 saturated heterocycles. The zero-order valence-electron chi connectivity index (χ0n) is 11.4. The zero-order chi connectivity index (χ0) is 12.3. The molecule has 0 bridgehead atoms. The van der Waals surface area contributed by atoms with E-state index in [2.05, 4.69) is 56.4 Å². The van der Waals surface area contributed by atoms with Crippen molar-refractivity contribution in [2.24, 2.45) is 17.3 Å². The van der Waals surface area contributed by atoms with Crippen molar-refractivity contribution in [2.75, 3.05) is 13.1 Å². The summed E-state index contributed by atoms with van der Waals surface area (Å²) in [6.07, 6.45) is 2.52. The number of hydrogen-bond acceptors (Lipinski definition) is 1. The van der Waals surface area contributed by atoms with Crippen molar-refractivity contribution in [3.8, 4) is 0 Å². The quantitative estimate of drug-likeness (QED) is 0.839. The molecular weight excluding hydrogens is 206 g/mol. The molecule has 1 fully saturated rings. The molecule has 2 unspecified atom stereocenters. The summed E-state index contributed by atoms with van der Waals surface area (Å²) >= 11 is 0. The molecule has 2 atom stereocenters. The molecule has 0 saturated carbocycles.